The average Bonchev–Trinajstić information content (AvgIpc) is 2.66. The van der Waals surface area contributed by atoms with Gasteiger partial charge in [-0.05, 0) is 74.2 Å². The third-order valence-corrected chi connectivity index (χ3v) is 7.48. The highest BCUT2D eigenvalue weighted by Gasteiger charge is 2.29. The Morgan fingerprint density at radius 3 is 2.56 bits per heavy atom. The molecule has 0 unspecified atom stereocenters. The van der Waals surface area contributed by atoms with Gasteiger partial charge in [0.25, 0.3) is 0 Å². The van der Waals surface area contributed by atoms with E-state index < -0.39 is 10.0 Å². The highest BCUT2D eigenvalue weighted by atomic mass is 32.2. The van der Waals surface area contributed by atoms with E-state index in [0.717, 1.165) is 50.9 Å². The van der Waals surface area contributed by atoms with Crippen LogP contribution in [0.4, 0.5) is 0 Å². The van der Waals surface area contributed by atoms with E-state index in [2.05, 4.69) is 30.0 Å². The highest BCUT2D eigenvalue weighted by Crippen LogP contribution is 2.29. The van der Waals surface area contributed by atoms with Gasteiger partial charge < -0.3 is 4.74 Å². The fourth-order valence-corrected chi connectivity index (χ4v) is 5.49. The Bertz CT molecular complexity index is 727. The lowest BCUT2D eigenvalue weighted by molar-refractivity contribution is 0.129. The first-order valence-electron chi connectivity index (χ1n) is 10.3. The summed E-state index contributed by atoms with van der Waals surface area (Å²) in [6.45, 7) is 5.81. The first kappa shape index (κ1) is 20.6. The van der Waals surface area contributed by atoms with Gasteiger partial charge in [0.1, 0.15) is 5.75 Å². The summed E-state index contributed by atoms with van der Waals surface area (Å²) in [6.07, 6.45) is 7.87. The van der Waals surface area contributed by atoms with E-state index in [0.29, 0.717) is 25.0 Å². The smallest absolute Gasteiger partial charge is 0.211 e. The number of hydrogen-bond acceptors (Lipinski definition) is 4. The fraction of sp³-hybridized carbons (Fsp3) is 0.714. The van der Waals surface area contributed by atoms with Crippen molar-refractivity contribution in [1.82, 2.24) is 9.21 Å². The van der Waals surface area contributed by atoms with Crippen LogP contribution in [0.1, 0.15) is 43.7 Å². The van der Waals surface area contributed by atoms with Crippen LogP contribution in [0.15, 0.2) is 18.2 Å². The minimum absolute atomic E-state index is 0.581. The number of methoxy groups -OCH3 is 1. The summed E-state index contributed by atoms with van der Waals surface area (Å²) in [5.41, 5.74) is 2.89. The van der Waals surface area contributed by atoms with Crippen molar-refractivity contribution in [1.29, 1.82) is 0 Å². The zero-order valence-corrected chi connectivity index (χ0v) is 17.8. The molecule has 5 nitrogen and oxygen atoms in total. The van der Waals surface area contributed by atoms with Gasteiger partial charge in [-0.15, -0.1) is 0 Å². The molecule has 1 aromatic carbocycles. The first-order valence-corrected chi connectivity index (χ1v) is 12.1. The Morgan fingerprint density at radius 2 is 1.93 bits per heavy atom. The van der Waals surface area contributed by atoms with E-state index in [1.807, 2.05) is 0 Å². The van der Waals surface area contributed by atoms with Crippen molar-refractivity contribution in [2.75, 3.05) is 39.5 Å². The Balaban J connectivity index is 1.62. The predicted octanol–water partition coefficient (Wildman–Crippen LogP) is 2.94. The number of aryl methyl sites for hydroxylation is 1. The van der Waals surface area contributed by atoms with Gasteiger partial charge in [-0.25, -0.2) is 12.7 Å². The van der Waals surface area contributed by atoms with E-state index in [1.54, 1.807) is 11.4 Å². The molecule has 0 aromatic heterocycles. The van der Waals surface area contributed by atoms with Gasteiger partial charge in [0.05, 0.1) is 13.4 Å². The van der Waals surface area contributed by atoms with Gasteiger partial charge in [0.15, 0.2) is 0 Å². The number of nitrogens with zero attached hydrogens (tertiary/aromatic N) is 2. The second-order valence-electron chi connectivity index (χ2n) is 8.13. The van der Waals surface area contributed by atoms with Gasteiger partial charge in [-0.3, -0.25) is 4.90 Å². The summed E-state index contributed by atoms with van der Waals surface area (Å²) in [6, 6.07) is 7.07. The molecule has 1 atom stereocenters. The van der Waals surface area contributed by atoms with Crippen molar-refractivity contribution >= 4 is 10.0 Å². The number of rotatable bonds is 7. The third-order valence-electron chi connectivity index (χ3n) is 6.18. The molecule has 0 bridgehead atoms. The Hall–Kier alpha value is -1.11. The van der Waals surface area contributed by atoms with Crippen LogP contribution in [0.5, 0.6) is 5.75 Å². The molecule has 1 fully saturated rings. The predicted molar refractivity (Wildman–Crippen MR) is 110 cm³/mol. The lowest BCUT2D eigenvalue weighted by Crippen LogP contribution is -2.45. The molecule has 0 N–H and O–H groups in total. The number of benzene rings is 1. The third kappa shape index (κ3) is 5.24. The Labute approximate surface area is 164 Å². The molecule has 0 amide bonds. The van der Waals surface area contributed by atoms with Crippen molar-refractivity contribution in [2.24, 2.45) is 5.92 Å². The molecule has 3 rings (SSSR count). The van der Waals surface area contributed by atoms with Gasteiger partial charge >= 0.3 is 0 Å². The first-order chi connectivity index (χ1) is 12.9. The molecule has 1 aliphatic heterocycles. The summed E-state index contributed by atoms with van der Waals surface area (Å²) in [7, 11) is -1.31. The topological polar surface area (TPSA) is 49.9 Å². The second kappa shape index (κ2) is 8.93. The van der Waals surface area contributed by atoms with E-state index in [9.17, 15) is 8.42 Å². The summed E-state index contributed by atoms with van der Waals surface area (Å²) in [5, 5.41) is 0. The van der Waals surface area contributed by atoms with E-state index in [1.165, 1.54) is 23.8 Å². The zero-order chi connectivity index (χ0) is 19.4. The molecule has 0 spiro atoms. The Kier molecular flexibility index (Phi) is 6.82. The minimum Gasteiger partial charge on any atom is -0.497 e. The molecule has 0 radical (unpaired) electrons. The zero-order valence-electron chi connectivity index (χ0n) is 17.0. The number of sulfonamides is 1. The quantitative estimate of drug-likeness (QED) is 0.713. The average molecular weight is 395 g/mol. The maximum Gasteiger partial charge on any atom is 0.211 e. The fourth-order valence-electron chi connectivity index (χ4n) is 4.62. The maximum atomic E-state index is 11.7. The van der Waals surface area contributed by atoms with Crippen molar-refractivity contribution < 1.29 is 13.2 Å². The summed E-state index contributed by atoms with van der Waals surface area (Å²) >= 11 is 0. The molecule has 6 heteroatoms. The molecule has 2 aliphatic rings. The van der Waals surface area contributed by atoms with Crippen molar-refractivity contribution in [3.8, 4) is 5.75 Å². The number of piperidine rings is 1. The molecule has 1 aromatic rings. The largest absolute Gasteiger partial charge is 0.497 e. The maximum absolute atomic E-state index is 11.7. The number of hydrogen-bond donors (Lipinski definition) is 0. The van der Waals surface area contributed by atoms with Crippen molar-refractivity contribution in [3.63, 3.8) is 0 Å². The second-order valence-corrected chi connectivity index (χ2v) is 10.1. The van der Waals surface area contributed by atoms with Crippen LogP contribution in [0.2, 0.25) is 0 Å². The Morgan fingerprint density at radius 1 is 1.19 bits per heavy atom. The normalized spacial score (nSPS) is 22.0. The lowest BCUT2D eigenvalue weighted by Gasteiger charge is -2.39. The van der Waals surface area contributed by atoms with E-state index in [4.69, 9.17) is 4.74 Å². The number of ether oxygens (including phenoxy) is 1. The number of fused-ring (bicyclic) bond motifs is 1. The van der Waals surface area contributed by atoms with Gasteiger partial charge in [0.2, 0.25) is 10.0 Å². The minimum atomic E-state index is -3.04. The van der Waals surface area contributed by atoms with E-state index in [-0.39, 0.29) is 0 Å². The molecule has 1 aliphatic carbocycles. The monoisotopic (exact) mass is 394 g/mol. The summed E-state index contributed by atoms with van der Waals surface area (Å²) < 4.78 is 30.5. The SMILES string of the molecule is CCCN(CC1CCN(S(C)(=O)=O)CC1)[C@@H]1CCc2ccc(OC)cc2C1. The standard InChI is InChI=1S/C21H34N2O3S/c1-4-11-22(16-17-9-12-23(13-10-17)27(3,24)25)20-7-5-18-6-8-21(26-2)15-19(18)14-20/h6,8,15,17,20H,4-5,7,9-14,16H2,1-3H3/t20-/m1/s1. The summed E-state index contributed by atoms with van der Waals surface area (Å²) in [4.78, 5) is 2.67. The molecular formula is C21H34N2O3S. The summed E-state index contributed by atoms with van der Waals surface area (Å²) in [5.74, 6) is 1.55. The molecule has 27 heavy (non-hydrogen) atoms. The van der Waals surface area contributed by atoms with Gasteiger partial charge in [0, 0.05) is 25.7 Å². The van der Waals surface area contributed by atoms with Crippen LogP contribution in [-0.2, 0) is 22.9 Å². The highest BCUT2D eigenvalue weighted by molar-refractivity contribution is 7.88. The van der Waals surface area contributed by atoms with Gasteiger partial charge in [-0.2, -0.15) is 0 Å². The lowest BCUT2D eigenvalue weighted by atomic mass is 9.86. The van der Waals surface area contributed by atoms with Crippen LogP contribution in [0, 0.1) is 5.92 Å². The van der Waals surface area contributed by atoms with Crippen molar-refractivity contribution in [2.45, 2.75) is 51.5 Å². The molecule has 152 valence electrons. The molecular weight excluding hydrogens is 360 g/mol. The molecule has 1 heterocycles. The molecule has 0 saturated carbocycles. The van der Waals surface area contributed by atoms with Crippen LogP contribution in [-0.4, -0.2) is 63.2 Å². The van der Waals surface area contributed by atoms with Crippen LogP contribution in [0.25, 0.3) is 0 Å². The molecule has 1 saturated heterocycles. The van der Waals surface area contributed by atoms with E-state index >= 15 is 0 Å². The van der Waals surface area contributed by atoms with Crippen LogP contribution in [0.3, 0.4) is 0 Å². The van der Waals surface area contributed by atoms with Crippen molar-refractivity contribution in [3.05, 3.63) is 29.3 Å². The van der Waals surface area contributed by atoms with Crippen LogP contribution >= 0.6 is 0 Å². The van der Waals surface area contributed by atoms with Gasteiger partial charge in [-0.1, -0.05) is 13.0 Å². The van der Waals surface area contributed by atoms with Crippen LogP contribution < -0.4 is 4.74 Å².